The Bertz CT molecular complexity index is 1720. The van der Waals surface area contributed by atoms with Crippen LogP contribution in [0, 0.1) is 6.92 Å². The van der Waals surface area contributed by atoms with Gasteiger partial charge in [-0.05, 0) is 57.2 Å². The van der Waals surface area contributed by atoms with Gasteiger partial charge in [0.2, 0.25) is 5.95 Å². The highest BCUT2D eigenvalue weighted by molar-refractivity contribution is 7.87. The Morgan fingerprint density at radius 3 is 2.35 bits per heavy atom. The highest BCUT2D eigenvalue weighted by atomic mass is 32.2. The second-order valence-electron chi connectivity index (χ2n) is 11.2. The van der Waals surface area contributed by atoms with Gasteiger partial charge in [0.1, 0.15) is 17.6 Å². The number of nitrogens with zero attached hydrogens (tertiary/aromatic N) is 6. The van der Waals surface area contributed by atoms with Crippen LogP contribution in [-0.2, 0) is 14.9 Å². The quantitative estimate of drug-likeness (QED) is 0.360. The topological polar surface area (TPSA) is 169 Å². The summed E-state index contributed by atoms with van der Waals surface area (Å²) in [5, 5.41) is 3.78. The smallest absolute Gasteiger partial charge is 0.422 e. The number of carbonyl (C=O) groups excluding carboxylic acids is 2. The van der Waals surface area contributed by atoms with Gasteiger partial charge in [-0.1, -0.05) is 12.8 Å². The molecule has 4 heterocycles. The van der Waals surface area contributed by atoms with E-state index in [9.17, 15) is 22.8 Å². The number of anilines is 3. The summed E-state index contributed by atoms with van der Waals surface area (Å²) in [6.45, 7) is 4.40. The van der Waals surface area contributed by atoms with E-state index in [0.717, 1.165) is 44.2 Å². The van der Waals surface area contributed by atoms with Gasteiger partial charge in [0, 0.05) is 43.8 Å². The lowest BCUT2D eigenvalue weighted by molar-refractivity contribution is 0.101. The third-order valence-electron chi connectivity index (χ3n) is 8.19. The first-order valence-electron chi connectivity index (χ1n) is 14.5. The molecule has 1 aliphatic heterocycles. The molecule has 0 unspecified atom stereocenters. The fraction of sp³-hybridized carbons (Fsp3) is 0.500. The van der Waals surface area contributed by atoms with Crippen molar-refractivity contribution in [2.24, 2.45) is 0 Å². The van der Waals surface area contributed by atoms with Gasteiger partial charge in [0.05, 0.1) is 17.4 Å². The molecule has 0 spiro atoms. The normalized spacial score (nSPS) is 18.1. The molecule has 3 aromatic rings. The van der Waals surface area contributed by atoms with E-state index in [-0.39, 0.29) is 48.1 Å². The minimum absolute atomic E-state index is 0.0170. The van der Waals surface area contributed by atoms with Crippen LogP contribution < -0.4 is 20.5 Å². The minimum atomic E-state index is -3.98. The van der Waals surface area contributed by atoms with Crippen LogP contribution in [0.15, 0.2) is 29.3 Å². The first-order chi connectivity index (χ1) is 20.6. The first kappa shape index (κ1) is 29.0. The van der Waals surface area contributed by atoms with Gasteiger partial charge in [0.15, 0.2) is 5.78 Å². The molecule has 14 nitrogen and oxygen atoms in total. The molecule has 2 N–H and O–H groups in total. The lowest BCUT2D eigenvalue weighted by Gasteiger charge is -2.34. The molecule has 3 aliphatic rings. The number of ether oxygens (including phenoxy) is 1. The van der Waals surface area contributed by atoms with E-state index < -0.39 is 16.3 Å². The third kappa shape index (κ3) is 6.04. The van der Waals surface area contributed by atoms with E-state index in [2.05, 4.69) is 15.3 Å². The van der Waals surface area contributed by atoms with Crippen LogP contribution in [0.1, 0.15) is 67.4 Å². The van der Waals surface area contributed by atoms with Crippen LogP contribution >= 0.6 is 0 Å². The van der Waals surface area contributed by atoms with Gasteiger partial charge < -0.3 is 15.0 Å². The van der Waals surface area contributed by atoms with Gasteiger partial charge in [-0.15, -0.1) is 0 Å². The van der Waals surface area contributed by atoms with E-state index >= 15 is 0 Å². The largest absolute Gasteiger partial charge is 0.446 e. The SMILES string of the molecule is CC(=O)c1c(C)c2cnc(Nc3ccc(N4CCN(S(=O)(=O)NC(=O)OC5CC5)CC4)cn3)nc2n(C2CCCC2)c1=O. The number of carbonyl (C=O) groups is 2. The number of aryl methyl sites for hydroxylation is 1. The monoisotopic (exact) mass is 610 g/mol. The number of fused-ring (bicyclic) bond motifs is 1. The summed E-state index contributed by atoms with van der Waals surface area (Å²) in [6.07, 6.45) is 7.46. The van der Waals surface area contributed by atoms with Crippen LogP contribution in [0.2, 0.25) is 0 Å². The van der Waals surface area contributed by atoms with Crippen molar-refractivity contribution >= 4 is 50.6 Å². The molecule has 0 aromatic carbocycles. The van der Waals surface area contributed by atoms with E-state index in [0.29, 0.717) is 35.5 Å². The number of aromatic nitrogens is 4. The summed E-state index contributed by atoms with van der Waals surface area (Å²) in [5.74, 6) is 0.505. The zero-order chi connectivity index (χ0) is 30.3. The minimum Gasteiger partial charge on any atom is -0.446 e. The highest BCUT2D eigenvalue weighted by Gasteiger charge is 2.32. The van der Waals surface area contributed by atoms with Crippen molar-refractivity contribution in [1.82, 2.24) is 28.5 Å². The van der Waals surface area contributed by atoms with Gasteiger partial charge in [-0.3, -0.25) is 14.2 Å². The lowest BCUT2D eigenvalue weighted by atomic mass is 10.0. The molecular weight excluding hydrogens is 576 g/mol. The zero-order valence-electron chi connectivity index (χ0n) is 24.1. The maximum absolute atomic E-state index is 13.4. The summed E-state index contributed by atoms with van der Waals surface area (Å²) in [7, 11) is -3.98. The van der Waals surface area contributed by atoms with E-state index in [1.165, 1.54) is 11.2 Å². The van der Waals surface area contributed by atoms with Crippen molar-refractivity contribution in [1.29, 1.82) is 0 Å². The molecule has 0 radical (unpaired) electrons. The van der Waals surface area contributed by atoms with E-state index in [1.807, 2.05) is 15.7 Å². The Morgan fingerprint density at radius 2 is 1.72 bits per heavy atom. The Labute approximate surface area is 248 Å². The van der Waals surface area contributed by atoms with E-state index in [1.54, 1.807) is 30.0 Å². The molecule has 15 heteroatoms. The standard InChI is InChI=1S/C28H34N8O6S/c1-17-22-16-30-27(32-25(22)36(19-5-3-4-6-19)26(38)24(17)18(2)37)31-23-10-7-20(15-29-23)34-11-13-35(14-12-34)43(40,41)33-28(39)42-21-8-9-21/h7,10,15-16,19,21H,3-6,8-9,11-14H2,1-2H3,(H,33,39)(H,29,30,31,32). The summed E-state index contributed by atoms with van der Waals surface area (Å²) >= 11 is 0. The number of amides is 1. The Balaban J connectivity index is 1.15. The van der Waals surface area contributed by atoms with Crippen LogP contribution in [0.4, 0.5) is 22.2 Å². The average molecular weight is 611 g/mol. The van der Waals surface area contributed by atoms with Crippen LogP contribution in [-0.4, -0.2) is 76.4 Å². The van der Waals surface area contributed by atoms with Crippen LogP contribution in [0.25, 0.3) is 11.0 Å². The predicted molar refractivity (Wildman–Crippen MR) is 159 cm³/mol. The van der Waals surface area contributed by atoms with Gasteiger partial charge >= 0.3 is 16.3 Å². The predicted octanol–water partition coefficient (Wildman–Crippen LogP) is 2.81. The molecule has 3 fully saturated rings. The lowest BCUT2D eigenvalue weighted by Crippen LogP contribution is -2.53. The number of ketones is 1. The maximum atomic E-state index is 13.4. The van der Waals surface area contributed by atoms with Crippen molar-refractivity contribution < 1.29 is 22.7 Å². The number of hydrogen-bond acceptors (Lipinski definition) is 11. The molecule has 0 bridgehead atoms. The number of pyridine rings is 2. The molecule has 3 aromatic heterocycles. The molecule has 2 saturated carbocycles. The number of Topliss-reactive ketones (excluding diaryl/α,β-unsaturated/α-hetero) is 1. The van der Waals surface area contributed by atoms with Crippen molar-refractivity contribution in [3.8, 4) is 0 Å². The highest BCUT2D eigenvalue weighted by Crippen LogP contribution is 2.32. The Hall–Kier alpha value is -4.11. The number of piperazine rings is 1. The Morgan fingerprint density at radius 1 is 1.00 bits per heavy atom. The third-order valence-corrected chi connectivity index (χ3v) is 9.66. The molecule has 43 heavy (non-hydrogen) atoms. The van der Waals surface area contributed by atoms with Gasteiger partial charge in [-0.25, -0.2) is 19.5 Å². The molecule has 1 amide bonds. The molecule has 1 saturated heterocycles. The van der Waals surface area contributed by atoms with Gasteiger partial charge in [0.25, 0.3) is 5.56 Å². The molecule has 6 rings (SSSR count). The van der Waals surface area contributed by atoms with Crippen molar-refractivity contribution in [3.05, 3.63) is 46.0 Å². The number of nitrogens with one attached hydrogen (secondary N) is 2. The number of hydrogen-bond donors (Lipinski definition) is 2. The second kappa shape index (κ2) is 11.5. The van der Waals surface area contributed by atoms with E-state index in [4.69, 9.17) is 9.72 Å². The summed E-state index contributed by atoms with van der Waals surface area (Å²) < 4.78 is 35.0. The summed E-state index contributed by atoms with van der Waals surface area (Å²) in [5.41, 5.74) is 1.77. The van der Waals surface area contributed by atoms with Crippen molar-refractivity contribution in [2.45, 2.75) is 64.5 Å². The fourth-order valence-corrected chi connectivity index (χ4v) is 6.82. The van der Waals surface area contributed by atoms with Crippen molar-refractivity contribution in [2.75, 3.05) is 36.4 Å². The molecular formula is C28H34N8O6S. The fourth-order valence-electron chi connectivity index (χ4n) is 5.79. The molecule has 228 valence electrons. The van der Waals surface area contributed by atoms with Crippen molar-refractivity contribution in [3.63, 3.8) is 0 Å². The average Bonchev–Trinajstić information content (AvgIpc) is 3.62. The van der Waals surface area contributed by atoms with Crippen LogP contribution in [0.5, 0.6) is 0 Å². The zero-order valence-corrected chi connectivity index (χ0v) is 24.9. The first-order valence-corrected chi connectivity index (χ1v) is 15.9. The Kier molecular flexibility index (Phi) is 7.77. The maximum Gasteiger partial charge on any atom is 0.422 e. The second-order valence-corrected chi connectivity index (χ2v) is 12.9. The van der Waals surface area contributed by atoms with Gasteiger partial charge in [-0.2, -0.15) is 17.7 Å². The molecule has 0 atom stereocenters. The summed E-state index contributed by atoms with van der Waals surface area (Å²) in [6, 6.07) is 3.62. The summed E-state index contributed by atoms with van der Waals surface area (Å²) in [4.78, 5) is 53.2. The number of rotatable bonds is 8. The molecule has 2 aliphatic carbocycles. The van der Waals surface area contributed by atoms with Crippen LogP contribution in [0.3, 0.4) is 0 Å².